The van der Waals surface area contributed by atoms with Crippen molar-refractivity contribution < 1.29 is 27.5 Å². The quantitative estimate of drug-likeness (QED) is 0.192. The Kier molecular flexibility index (Phi) is 8.00. The number of carbonyl (C=O) groups is 2. The van der Waals surface area contributed by atoms with Gasteiger partial charge in [-0.25, -0.2) is 9.67 Å². The highest BCUT2D eigenvalue weighted by Gasteiger charge is 2.35. The molecule has 0 saturated carbocycles. The lowest BCUT2D eigenvalue weighted by Crippen LogP contribution is -2.18. The fraction of sp³-hybridized carbons (Fsp3) is 0.192. The maximum Gasteiger partial charge on any atom is 0.433 e. The first-order chi connectivity index (χ1) is 19.8. The molecule has 0 saturated heterocycles. The van der Waals surface area contributed by atoms with Gasteiger partial charge in [-0.1, -0.05) is 11.6 Å². The van der Waals surface area contributed by atoms with E-state index in [-0.39, 0.29) is 38.8 Å². The summed E-state index contributed by atoms with van der Waals surface area (Å²) in [6.45, 7) is 3.91. The normalized spacial score (nSPS) is 11.7. The number of amides is 2. The summed E-state index contributed by atoms with van der Waals surface area (Å²) < 4.78 is 50.7. The Morgan fingerprint density at radius 2 is 1.93 bits per heavy atom. The third-order valence-electron chi connectivity index (χ3n) is 6.09. The molecule has 4 heterocycles. The van der Waals surface area contributed by atoms with Gasteiger partial charge < -0.3 is 15.8 Å². The molecule has 0 spiro atoms. The number of aromatic nitrogens is 5. The summed E-state index contributed by atoms with van der Waals surface area (Å²) in [6.07, 6.45) is -1.67. The molecular formula is C26H20BrClF3N7O3S. The topological polar surface area (TPSA) is 130 Å². The number of alkyl halides is 3. The number of carbonyl (C=O) groups excluding carboxylic acids is 2. The fourth-order valence-electron chi connectivity index (χ4n) is 4.15. The van der Waals surface area contributed by atoms with Crippen molar-refractivity contribution in [3.05, 3.63) is 74.2 Å². The summed E-state index contributed by atoms with van der Waals surface area (Å²) in [5, 5.41) is 11.8. The minimum atomic E-state index is -4.77. The van der Waals surface area contributed by atoms with Crippen LogP contribution in [0.25, 0.3) is 21.3 Å². The van der Waals surface area contributed by atoms with E-state index in [0.717, 1.165) is 6.07 Å². The number of nitrogens with zero attached hydrogens (tertiary/aromatic N) is 5. The molecular weight excluding hydrogens is 663 g/mol. The van der Waals surface area contributed by atoms with Crippen LogP contribution in [0.3, 0.4) is 0 Å². The van der Waals surface area contributed by atoms with Gasteiger partial charge in [0.25, 0.3) is 11.8 Å². The van der Waals surface area contributed by atoms with Gasteiger partial charge in [-0.3, -0.25) is 14.3 Å². The molecule has 42 heavy (non-hydrogen) atoms. The van der Waals surface area contributed by atoms with E-state index in [2.05, 4.69) is 36.4 Å². The highest BCUT2D eigenvalue weighted by molar-refractivity contribution is 9.10. The number of benzene rings is 1. The van der Waals surface area contributed by atoms with Gasteiger partial charge in [-0.15, -0.1) is 11.3 Å². The molecule has 0 fully saturated rings. The molecule has 4 aromatic heterocycles. The lowest BCUT2D eigenvalue weighted by Gasteiger charge is -2.11. The van der Waals surface area contributed by atoms with Crippen molar-refractivity contribution in [1.29, 1.82) is 0 Å². The van der Waals surface area contributed by atoms with E-state index in [9.17, 15) is 22.8 Å². The molecule has 16 heteroatoms. The highest BCUT2D eigenvalue weighted by atomic mass is 79.9. The Morgan fingerprint density at radius 3 is 2.57 bits per heavy atom. The van der Waals surface area contributed by atoms with Crippen molar-refractivity contribution in [1.82, 2.24) is 24.5 Å². The van der Waals surface area contributed by atoms with Gasteiger partial charge in [-0.05, 0) is 65.7 Å². The summed E-state index contributed by atoms with van der Waals surface area (Å²) in [6, 6.07) is 7.28. The van der Waals surface area contributed by atoms with Crippen molar-refractivity contribution >= 4 is 66.6 Å². The fourth-order valence-corrected chi connectivity index (χ4v) is 5.96. The summed E-state index contributed by atoms with van der Waals surface area (Å²) in [5.74, 6) is -1.17. The van der Waals surface area contributed by atoms with Crippen LogP contribution in [-0.2, 0) is 19.5 Å². The second kappa shape index (κ2) is 11.4. The van der Waals surface area contributed by atoms with E-state index < -0.39 is 23.7 Å². The number of rotatable bonds is 8. The maximum absolute atomic E-state index is 13.8. The number of anilines is 1. The zero-order chi connectivity index (χ0) is 30.3. The Bertz CT molecular complexity index is 1850. The van der Waals surface area contributed by atoms with Crippen molar-refractivity contribution in [3.63, 3.8) is 0 Å². The molecule has 2 amide bonds. The average Bonchev–Trinajstić information content (AvgIpc) is 3.64. The number of nitrogens with two attached hydrogens (primary N) is 1. The van der Waals surface area contributed by atoms with Crippen molar-refractivity contribution in [2.75, 3.05) is 5.32 Å². The van der Waals surface area contributed by atoms with Crippen LogP contribution in [-0.4, -0.2) is 36.4 Å². The van der Waals surface area contributed by atoms with Gasteiger partial charge in [0.15, 0.2) is 12.4 Å². The maximum atomic E-state index is 13.8. The molecule has 0 unspecified atom stereocenters. The van der Waals surface area contributed by atoms with Crippen LogP contribution in [0.4, 0.5) is 18.9 Å². The lowest BCUT2D eigenvalue weighted by atomic mass is 10.0. The van der Waals surface area contributed by atoms with Crippen molar-refractivity contribution in [2.45, 2.75) is 33.3 Å². The Balaban J connectivity index is 1.53. The van der Waals surface area contributed by atoms with Crippen LogP contribution in [0.2, 0.25) is 5.02 Å². The second-order valence-electron chi connectivity index (χ2n) is 8.93. The molecule has 0 atom stereocenters. The highest BCUT2D eigenvalue weighted by Crippen LogP contribution is 2.44. The first-order valence-electron chi connectivity index (χ1n) is 12.2. The van der Waals surface area contributed by atoms with Gasteiger partial charge in [0.1, 0.15) is 21.2 Å². The average molecular weight is 683 g/mol. The van der Waals surface area contributed by atoms with Crippen molar-refractivity contribution in [2.24, 2.45) is 5.73 Å². The first kappa shape index (κ1) is 29.5. The zero-order valence-electron chi connectivity index (χ0n) is 21.8. The van der Waals surface area contributed by atoms with Crippen LogP contribution >= 0.6 is 38.9 Å². The largest absolute Gasteiger partial charge is 0.470 e. The molecule has 218 valence electrons. The standard InChI is InChI=1S/C26H20BrClF3N7O3S/c1-3-37-10-15(12(2)35-37)14-9-19(26(29,30)31)33-25-20(14)21(22(42-25)23(32)39)34-24(40)17-6-7-38(36-17)11-41-18-5-4-13(28)8-16(18)27/h4-10H,3,11H2,1-2H3,(H2,32,39)(H,34,40). The van der Waals surface area contributed by atoms with Crippen LogP contribution in [0, 0.1) is 6.92 Å². The molecule has 5 rings (SSSR count). The third kappa shape index (κ3) is 5.84. The molecule has 0 aliphatic carbocycles. The van der Waals surface area contributed by atoms with E-state index in [1.54, 1.807) is 36.0 Å². The van der Waals surface area contributed by atoms with E-state index in [1.165, 1.54) is 16.9 Å². The Labute approximate surface area is 253 Å². The molecule has 5 aromatic rings. The monoisotopic (exact) mass is 681 g/mol. The number of fused-ring (bicyclic) bond motifs is 1. The van der Waals surface area contributed by atoms with E-state index in [0.29, 0.717) is 44.4 Å². The number of halogens is 5. The predicted octanol–water partition coefficient (Wildman–Crippen LogP) is 6.51. The van der Waals surface area contributed by atoms with Gasteiger partial charge in [0.2, 0.25) is 0 Å². The minimum Gasteiger partial charge on any atom is -0.470 e. The number of primary amides is 1. The smallest absolute Gasteiger partial charge is 0.433 e. The second-order valence-corrected chi connectivity index (χ2v) is 11.2. The molecule has 0 bridgehead atoms. The number of pyridine rings is 1. The lowest BCUT2D eigenvalue weighted by molar-refractivity contribution is -0.140. The van der Waals surface area contributed by atoms with Crippen LogP contribution in [0.15, 0.2) is 47.2 Å². The number of ether oxygens (including phenoxy) is 1. The number of hydrogen-bond acceptors (Lipinski definition) is 7. The predicted molar refractivity (Wildman–Crippen MR) is 155 cm³/mol. The van der Waals surface area contributed by atoms with Crippen LogP contribution < -0.4 is 15.8 Å². The number of thiophene rings is 1. The molecule has 3 N–H and O–H groups in total. The first-order valence-corrected chi connectivity index (χ1v) is 14.2. The summed E-state index contributed by atoms with van der Waals surface area (Å²) >= 11 is 9.96. The number of hydrogen-bond donors (Lipinski definition) is 2. The molecule has 1 aromatic carbocycles. The summed E-state index contributed by atoms with van der Waals surface area (Å²) in [7, 11) is 0. The van der Waals surface area contributed by atoms with E-state index >= 15 is 0 Å². The summed E-state index contributed by atoms with van der Waals surface area (Å²) in [5.41, 5.74) is 5.25. The SMILES string of the molecule is CCn1cc(-c2cc(C(F)(F)F)nc3sc(C(N)=O)c(NC(=O)c4ccn(COc5ccc(Cl)cc5Br)n4)c23)c(C)n1. The van der Waals surface area contributed by atoms with E-state index in [4.69, 9.17) is 22.1 Å². The Hall–Kier alpha value is -3.95. The number of aryl methyl sites for hydroxylation is 2. The minimum absolute atomic E-state index is 0.0417. The van der Waals surface area contributed by atoms with Crippen LogP contribution in [0.5, 0.6) is 5.75 Å². The Morgan fingerprint density at radius 1 is 1.17 bits per heavy atom. The molecule has 10 nitrogen and oxygen atoms in total. The third-order valence-corrected chi connectivity index (χ3v) is 8.05. The summed E-state index contributed by atoms with van der Waals surface area (Å²) in [4.78, 5) is 29.2. The van der Waals surface area contributed by atoms with Gasteiger partial charge in [0.05, 0.1) is 15.9 Å². The van der Waals surface area contributed by atoms with Crippen molar-refractivity contribution in [3.8, 4) is 16.9 Å². The van der Waals surface area contributed by atoms with E-state index in [1.807, 2.05) is 6.92 Å². The zero-order valence-corrected chi connectivity index (χ0v) is 25.0. The molecule has 0 aliphatic rings. The van der Waals surface area contributed by atoms with Crippen LogP contribution in [0.1, 0.15) is 38.5 Å². The molecule has 0 aliphatic heterocycles. The van der Waals surface area contributed by atoms with Gasteiger partial charge in [-0.2, -0.15) is 23.4 Å². The number of nitrogens with one attached hydrogen (secondary N) is 1. The van der Waals surface area contributed by atoms with Gasteiger partial charge >= 0.3 is 6.18 Å². The molecule has 0 radical (unpaired) electrons. The van der Waals surface area contributed by atoms with Gasteiger partial charge in [0, 0.05) is 34.9 Å².